The third-order valence-electron chi connectivity index (χ3n) is 7.01. The monoisotopic (exact) mass is 502 g/mol. The van der Waals surface area contributed by atoms with Crippen molar-refractivity contribution in [2.45, 2.75) is 31.6 Å². The summed E-state index contributed by atoms with van der Waals surface area (Å²) in [6.07, 6.45) is 8.39. The Morgan fingerprint density at radius 2 is 1.78 bits per heavy atom. The number of rotatable bonds is 6. The molecule has 0 unspecified atom stereocenters. The maximum atomic E-state index is 14.2. The molecule has 6 rings (SSSR count). The second-order valence-corrected chi connectivity index (χ2v) is 9.52. The lowest BCUT2D eigenvalue weighted by atomic mass is 9.96. The van der Waals surface area contributed by atoms with Crippen molar-refractivity contribution >= 4 is 34.2 Å². The number of fused-ring (bicyclic) bond motifs is 1. The van der Waals surface area contributed by atoms with Crippen molar-refractivity contribution in [3.05, 3.63) is 66.1 Å². The summed E-state index contributed by atoms with van der Waals surface area (Å²) in [5.74, 6) is -0.705. The third kappa shape index (κ3) is 4.54. The lowest BCUT2D eigenvalue weighted by Crippen LogP contribution is -2.37. The smallest absolute Gasteiger partial charge is 0.306 e. The number of carboxylic acids is 1. The van der Waals surface area contributed by atoms with Crippen LogP contribution in [-0.2, 0) is 4.79 Å². The maximum Gasteiger partial charge on any atom is 0.306 e. The van der Waals surface area contributed by atoms with Gasteiger partial charge in [0.15, 0.2) is 5.82 Å². The highest BCUT2D eigenvalue weighted by Crippen LogP contribution is 2.45. The van der Waals surface area contributed by atoms with Crippen molar-refractivity contribution in [3.8, 4) is 11.4 Å². The number of nitrogens with one attached hydrogen (secondary N) is 1. The van der Waals surface area contributed by atoms with Crippen molar-refractivity contribution in [2.75, 3.05) is 23.3 Å². The van der Waals surface area contributed by atoms with Gasteiger partial charge in [0.1, 0.15) is 29.0 Å². The summed E-state index contributed by atoms with van der Waals surface area (Å²) in [6.45, 7) is 1.15. The van der Waals surface area contributed by atoms with Crippen LogP contribution >= 0.6 is 0 Å². The van der Waals surface area contributed by atoms with Crippen LogP contribution in [0.4, 0.5) is 26.1 Å². The minimum absolute atomic E-state index is 0.249. The van der Waals surface area contributed by atoms with Gasteiger partial charge in [-0.25, -0.2) is 23.7 Å². The van der Waals surface area contributed by atoms with E-state index in [4.69, 9.17) is 9.97 Å². The summed E-state index contributed by atoms with van der Waals surface area (Å²) >= 11 is 0. The van der Waals surface area contributed by atoms with E-state index in [9.17, 15) is 18.7 Å². The minimum atomic E-state index is -0.765. The molecule has 10 heteroatoms. The second kappa shape index (κ2) is 9.34. The van der Waals surface area contributed by atoms with Crippen molar-refractivity contribution in [1.29, 1.82) is 0 Å². The number of hydrogen-bond donors (Lipinski definition) is 2. The number of para-hydroxylation sites is 1. The highest BCUT2D eigenvalue weighted by Gasteiger charge is 2.31. The predicted molar refractivity (Wildman–Crippen MR) is 135 cm³/mol. The van der Waals surface area contributed by atoms with Crippen LogP contribution in [0.15, 0.2) is 48.9 Å². The molecule has 4 aromatic rings. The number of nitrogens with zero attached hydrogens (tertiary/aromatic N) is 5. The van der Waals surface area contributed by atoms with Crippen LogP contribution in [0.5, 0.6) is 0 Å². The number of pyridine rings is 2. The van der Waals surface area contributed by atoms with E-state index in [1.165, 1.54) is 24.4 Å². The lowest BCUT2D eigenvalue weighted by Gasteiger charge is -2.32. The molecule has 37 heavy (non-hydrogen) atoms. The summed E-state index contributed by atoms with van der Waals surface area (Å²) in [5, 5.41) is 13.1. The first-order valence-corrected chi connectivity index (χ1v) is 12.3. The Bertz CT molecular complexity index is 1480. The maximum absolute atomic E-state index is 14.2. The predicted octanol–water partition coefficient (Wildman–Crippen LogP) is 5.29. The van der Waals surface area contributed by atoms with Gasteiger partial charge in [0.05, 0.1) is 17.6 Å². The van der Waals surface area contributed by atoms with Gasteiger partial charge in [-0.15, -0.1) is 0 Å². The van der Waals surface area contributed by atoms with Crippen LogP contribution in [0.1, 0.15) is 37.2 Å². The number of carbonyl (C=O) groups is 1. The SMILES string of the molecule is O=C(O)C1CCN(c2nc(-c3ccnc(Nc4c(F)cccc4F)c3)nc3cncc(C4CC4)c23)CC1. The van der Waals surface area contributed by atoms with Crippen molar-refractivity contribution in [1.82, 2.24) is 19.9 Å². The normalized spacial score (nSPS) is 16.2. The zero-order valence-corrected chi connectivity index (χ0v) is 19.9. The molecule has 0 spiro atoms. The van der Waals surface area contributed by atoms with E-state index in [1.54, 1.807) is 18.3 Å². The van der Waals surface area contributed by atoms with Gasteiger partial charge in [-0.2, -0.15) is 0 Å². The fourth-order valence-corrected chi connectivity index (χ4v) is 4.87. The Hall–Kier alpha value is -4.21. The summed E-state index contributed by atoms with van der Waals surface area (Å²) in [6, 6.07) is 7.03. The first-order chi connectivity index (χ1) is 18.0. The molecule has 2 fully saturated rings. The number of anilines is 3. The van der Waals surface area contributed by atoms with E-state index in [2.05, 4.69) is 20.2 Å². The molecule has 2 aliphatic rings. The van der Waals surface area contributed by atoms with E-state index in [0.717, 1.165) is 29.6 Å². The molecule has 1 saturated heterocycles. The van der Waals surface area contributed by atoms with Gasteiger partial charge in [-0.05, 0) is 61.4 Å². The topological polar surface area (TPSA) is 104 Å². The fraction of sp³-hybridized carbons (Fsp3) is 0.296. The van der Waals surface area contributed by atoms with Crippen LogP contribution in [0.3, 0.4) is 0 Å². The largest absolute Gasteiger partial charge is 0.481 e. The quantitative estimate of drug-likeness (QED) is 0.367. The van der Waals surface area contributed by atoms with Crippen molar-refractivity contribution in [3.63, 3.8) is 0 Å². The van der Waals surface area contributed by atoms with E-state index in [1.807, 2.05) is 6.20 Å². The van der Waals surface area contributed by atoms with Gasteiger partial charge in [-0.3, -0.25) is 9.78 Å². The molecule has 1 saturated carbocycles. The molecule has 188 valence electrons. The third-order valence-corrected chi connectivity index (χ3v) is 7.01. The molecular weight excluding hydrogens is 478 g/mol. The molecule has 4 heterocycles. The Kier molecular flexibility index (Phi) is 5.86. The van der Waals surface area contributed by atoms with E-state index in [0.29, 0.717) is 48.8 Å². The molecular formula is C27H24F2N6O2. The molecule has 0 bridgehead atoms. The Morgan fingerprint density at radius 1 is 1.03 bits per heavy atom. The van der Waals surface area contributed by atoms with Gasteiger partial charge in [0, 0.05) is 36.4 Å². The fourth-order valence-electron chi connectivity index (χ4n) is 4.87. The van der Waals surface area contributed by atoms with E-state index < -0.39 is 17.6 Å². The lowest BCUT2D eigenvalue weighted by molar-refractivity contribution is -0.142. The number of hydrogen-bond acceptors (Lipinski definition) is 7. The first-order valence-electron chi connectivity index (χ1n) is 12.3. The van der Waals surface area contributed by atoms with Crippen LogP contribution in [0, 0.1) is 17.6 Å². The molecule has 0 radical (unpaired) electrons. The molecule has 3 aromatic heterocycles. The molecule has 0 amide bonds. The number of halogens is 2. The van der Waals surface area contributed by atoms with E-state index in [-0.39, 0.29) is 17.4 Å². The van der Waals surface area contributed by atoms with E-state index >= 15 is 0 Å². The Labute approximate surface area is 211 Å². The molecule has 1 aromatic carbocycles. The zero-order chi connectivity index (χ0) is 25.5. The standard InChI is InChI=1S/C27H24F2N6O2/c28-19-2-1-3-20(29)24(19)33-22-12-17(6-9-31-22)25-32-21-14-30-13-18(15-4-5-15)23(21)26(34-25)35-10-7-16(8-11-35)27(36)37/h1-3,6,9,12-16H,4-5,7-8,10-11H2,(H,31,33)(H,36,37). The average molecular weight is 503 g/mol. The van der Waals surface area contributed by atoms with Crippen LogP contribution in [0.25, 0.3) is 22.3 Å². The molecule has 2 N–H and O–H groups in total. The van der Waals surface area contributed by atoms with Crippen molar-refractivity contribution < 1.29 is 18.7 Å². The summed E-state index contributed by atoms with van der Waals surface area (Å²) in [5.41, 5.74) is 2.16. The van der Waals surface area contributed by atoms with Gasteiger partial charge in [0.2, 0.25) is 0 Å². The van der Waals surface area contributed by atoms with Gasteiger partial charge < -0.3 is 15.3 Å². The Morgan fingerprint density at radius 3 is 2.49 bits per heavy atom. The van der Waals surface area contributed by atoms with Crippen LogP contribution in [-0.4, -0.2) is 44.1 Å². The molecule has 1 aliphatic carbocycles. The van der Waals surface area contributed by atoms with Gasteiger partial charge in [-0.1, -0.05) is 6.07 Å². The molecule has 1 aliphatic heterocycles. The zero-order valence-electron chi connectivity index (χ0n) is 19.9. The molecule has 8 nitrogen and oxygen atoms in total. The number of aliphatic carboxylic acids is 1. The van der Waals surface area contributed by atoms with Crippen LogP contribution < -0.4 is 10.2 Å². The summed E-state index contributed by atoms with van der Waals surface area (Å²) in [4.78, 5) is 32.0. The summed E-state index contributed by atoms with van der Waals surface area (Å²) in [7, 11) is 0. The number of aromatic nitrogens is 4. The summed E-state index contributed by atoms with van der Waals surface area (Å²) < 4.78 is 28.3. The highest BCUT2D eigenvalue weighted by molar-refractivity contribution is 5.94. The first kappa shape index (κ1) is 23.2. The number of piperidine rings is 1. The van der Waals surface area contributed by atoms with Gasteiger partial charge in [0.25, 0.3) is 0 Å². The number of carboxylic acid groups (broad SMARTS) is 1. The highest BCUT2D eigenvalue weighted by atomic mass is 19.1. The van der Waals surface area contributed by atoms with Gasteiger partial charge >= 0.3 is 5.97 Å². The van der Waals surface area contributed by atoms with Crippen molar-refractivity contribution in [2.24, 2.45) is 5.92 Å². The number of benzene rings is 1. The van der Waals surface area contributed by atoms with Crippen LogP contribution in [0.2, 0.25) is 0 Å². The molecule has 0 atom stereocenters. The average Bonchev–Trinajstić information content (AvgIpc) is 3.76. The minimum Gasteiger partial charge on any atom is -0.481 e. The Balaban J connectivity index is 1.41. The second-order valence-electron chi connectivity index (χ2n) is 9.52.